The second-order valence-corrected chi connectivity index (χ2v) is 10.3. The van der Waals surface area contributed by atoms with E-state index in [2.05, 4.69) is 35.9 Å². The summed E-state index contributed by atoms with van der Waals surface area (Å²) in [7, 11) is 1.33. The summed E-state index contributed by atoms with van der Waals surface area (Å²) in [6.45, 7) is 7.16. The molecule has 2 unspecified atom stereocenters. The Hall–Kier alpha value is -2.71. The molecule has 4 rings (SSSR count). The molecule has 0 radical (unpaired) electrons. The van der Waals surface area contributed by atoms with Crippen LogP contribution in [0.25, 0.3) is 0 Å². The molecule has 39 heavy (non-hydrogen) atoms. The molecule has 3 N–H and O–H groups in total. The third-order valence-electron chi connectivity index (χ3n) is 5.94. The van der Waals surface area contributed by atoms with E-state index < -0.39 is 18.1 Å². The highest BCUT2D eigenvalue weighted by molar-refractivity contribution is 9.10. The molecular formula is C26H33BrFN5O5S. The molecule has 0 saturated carbocycles. The Morgan fingerprint density at radius 2 is 2.08 bits per heavy atom. The highest BCUT2D eigenvalue weighted by atomic mass is 79.9. The van der Waals surface area contributed by atoms with Crippen molar-refractivity contribution in [2.45, 2.75) is 32.4 Å². The molecule has 0 aliphatic carbocycles. The largest absolute Gasteiger partial charge is 0.468 e. The van der Waals surface area contributed by atoms with Crippen molar-refractivity contribution in [2.24, 2.45) is 10.7 Å². The number of amidine groups is 1. The van der Waals surface area contributed by atoms with Crippen LogP contribution < -0.4 is 11.1 Å². The number of morpholine rings is 1. The first-order valence-electron chi connectivity index (χ1n) is 12.5. The predicted octanol–water partition coefficient (Wildman–Crippen LogP) is 3.18. The van der Waals surface area contributed by atoms with E-state index in [1.54, 1.807) is 19.2 Å². The Balaban J connectivity index is 0.000000459. The van der Waals surface area contributed by atoms with Crippen LogP contribution in [0.2, 0.25) is 0 Å². The van der Waals surface area contributed by atoms with Crippen molar-refractivity contribution in [1.82, 2.24) is 15.2 Å². The molecule has 0 bridgehead atoms. The zero-order valence-corrected chi connectivity index (χ0v) is 24.5. The van der Waals surface area contributed by atoms with Gasteiger partial charge in [-0.15, -0.1) is 11.3 Å². The first kappa shape index (κ1) is 30.8. The maximum atomic E-state index is 13.8. The van der Waals surface area contributed by atoms with Gasteiger partial charge in [-0.2, -0.15) is 0 Å². The number of esters is 2. The lowest BCUT2D eigenvalue weighted by molar-refractivity contribution is -0.142. The second kappa shape index (κ2) is 15.2. The van der Waals surface area contributed by atoms with Crippen molar-refractivity contribution in [3.05, 3.63) is 61.9 Å². The number of carbonyl (C=O) groups excluding carboxylic acids is 2. The summed E-state index contributed by atoms with van der Waals surface area (Å²) in [4.78, 5) is 34.9. The number of aromatic nitrogens is 1. The number of ether oxygens (including phenoxy) is 3. The van der Waals surface area contributed by atoms with Crippen LogP contribution in [0.5, 0.6) is 0 Å². The average molecular weight is 627 g/mol. The molecule has 1 fully saturated rings. The van der Waals surface area contributed by atoms with Gasteiger partial charge < -0.3 is 25.3 Å². The minimum atomic E-state index is -0.662. The lowest BCUT2D eigenvalue weighted by Crippen LogP contribution is -2.43. The fraction of sp³-hybridized carbons (Fsp3) is 0.462. The third kappa shape index (κ3) is 8.39. The molecule has 2 aromatic rings. The van der Waals surface area contributed by atoms with Crippen LogP contribution in [0, 0.1) is 5.82 Å². The first-order valence-corrected chi connectivity index (χ1v) is 14.2. The Bertz CT molecular complexity index is 1190. The van der Waals surface area contributed by atoms with Crippen molar-refractivity contribution < 1.29 is 28.2 Å². The standard InChI is InChI=1S/C21H22BrFN4O3S.C5H11NO2/c1-2-30-21(28)17-16(12-27-6-8-29-9-7-27)25-19(20-24-5-10-31-20)26-18(17)14-4-3-13(23)11-15(14)22;1-3-4(6)5(7)8-2/h3-5,10-11,18H,2,6-9,12H2,1H3,(H,25,26);4H,3,6H2,1-2H3. The van der Waals surface area contributed by atoms with Gasteiger partial charge in [0, 0.05) is 41.4 Å². The Morgan fingerprint density at radius 1 is 1.33 bits per heavy atom. The van der Waals surface area contributed by atoms with E-state index in [0.717, 1.165) is 13.1 Å². The minimum absolute atomic E-state index is 0.244. The van der Waals surface area contributed by atoms with Crippen LogP contribution in [0.4, 0.5) is 4.39 Å². The summed E-state index contributed by atoms with van der Waals surface area (Å²) in [5.74, 6) is -0.578. The average Bonchev–Trinajstić information content (AvgIpc) is 3.48. The van der Waals surface area contributed by atoms with Gasteiger partial charge in [0.25, 0.3) is 0 Å². The van der Waals surface area contributed by atoms with Crippen LogP contribution in [-0.4, -0.2) is 80.3 Å². The van der Waals surface area contributed by atoms with Gasteiger partial charge in [-0.25, -0.2) is 14.2 Å². The highest BCUT2D eigenvalue weighted by Crippen LogP contribution is 2.37. The van der Waals surface area contributed by atoms with Crippen molar-refractivity contribution in [3.8, 4) is 0 Å². The van der Waals surface area contributed by atoms with Gasteiger partial charge in [0.1, 0.15) is 17.9 Å². The van der Waals surface area contributed by atoms with E-state index in [1.807, 2.05) is 12.3 Å². The van der Waals surface area contributed by atoms with Gasteiger partial charge >= 0.3 is 11.9 Å². The normalized spacial score (nSPS) is 18.3. The fourth-order valence-corrected chi connectivity index (χ4v) is 5.02. The number of halogens is 2. The highest BCUT2D eigenvalue weighted by Gasteiger charge is 2.34. The van der Waals surface area contributed by atoms with Crippen LogP contribution in [0.15, 0.2) is 50.5 Å². The molecule has 3 heterocycles. The lowest BCUT2D eigenvalue weighted by atomic mass is 9.95. The maximum absolute atomic E-state index is 13.8. The third-order valence-corrected chi connectivity index (χ3v) is 7.41. The number of thiazole rings is 1. The SMILES string of the molecule is CCC(N)C(=O)OC.CCOC(=O)C1=C(CN2CCOCC2)NC(c2nccs2)=NC1c1ccc(F)cc1Br. The summed E-state index contributed by atoms with van der Waals surface area (Å²) in [5, 5.41) is 5.91. The van der Waals surface area contributed by atoms with E-state index in [1.165, 1.54) is 30.6 Å². The van der Waals surface area contributed by atoms with Crippen LogP contribution in [0.1, 0.15) is 36.9 Å². The molecule has 1 saturated heterocycles. The summed E-state index contributed by atoms with van der Waals surface area (Å²) in [5.41, 5.74) is 7.06. The Kier molecular flexibility index (Phi) is 12.0. The first-order chi connectivity index (χ1) is 18.8. The number of hydrogen-bond donors (Lipinski definition) is 2. The van der Waals surface area contributed by atoms with Gasteiger partial charge in [0.15, 0.2) is 10.8 Å². The number of methoxy groups -OCH3 is 1. The van der Waals surface area contributed by atoms with Crippen molar-refractivity contribution in [3.63, 3.8) is 0 Å². The van der Waals surface area contributed by atoms with E-state index in [4.69, 9.17) is 20.2 Å². The van der Waals surface area contributed by atoms with Crippen molar-refractivity contribution >= 4 is 45.0 Å². The predicted molar refractivity (Wildman–Crippen MR) is 150 cm³/mol. The molecule has 1 aromatic carbocycles. The van der Waals surface area contributed by atoms with Gasteiger partial charge in [0.05, 0.1) is 32.5 Å². The molecule has 2 aliphatic heterocycles. The Morgan fingerprint density at radius 3 is 2.64 bits per heavy atom. The van der Waals surface area contributed by atoms with Crippen LogP contribution in [-0.2, 0) is 23.8 Å². The molecule has 0 spiro atoms. The number of nitrogens with one attached hydrogen (secondary N) is 1. The van der Waals surface area contributed by atoms with Crippen molar-refractivity contribution in [1.29, 1.82) is 0 Å². The number of nitrogens with zero attached hydrogens (tertiary/aromatic N) is 3. The number of benzene rings is 1. The summed E-state index contributed by atoms with van der Waals surface area (Å²) in [6.07, 6.45) is 2.34. The van der Waals surface area contributed by atoms with Crippen LogP contribution >= 0.6 is 27.3 Å². The van der Waals surface area contributed by atoms with E-state index in [-0.39, 0.29) is 18.4 Å². The maximum Gasteiger partial charge on any atom is 0.338 e. The van der Waals surface area contributed by atoms with Gasteiger partial charge in [-0.3, -0.25) is 14.7 Å². The van der Waals surface area contributed by atoms with Gasteiger partial charge in [0.2, 0.25) is 0 Å². The quantitative estimate of drug-likeness (QED) is 0.425. The molecule has 10 nitrogen and oxygen atoms in total. The Labute approximate surface area is 239 Å². The zero-order chi connectivity index (χ0) is 28.4. The second-order valence-electron chi connectivity index (χ2n) is 8.55. The molecular weight excluding hydrogens is 593 g/mol. The van der Waals surface area contributed by atoms with Gasteiger partial charge in [-0.1, -0.05) is 28.9 Å². The number of carbonyl (C=O) groups is 2. The minimum Gasteiger partial charge on any atom is -0.468 e. The van der Waals surface area contributed by atoms with Crippen LogP contribution in [0.3, 0.4) is 0 Å². The lowest BCUT2D eigenvalue weighted by Gasteiger charge is -2.32. The van der Waals surface area contributed by atoms with E-state index >= 15 is 0 Å². The molecule has 2 aliphatic rings. The molecule has 2 atom stereocenters. The molecule has 0 amide bonds. The monoisotopic (exact) mass is 625 g/mol. The number of aliphatic imine (C=N–C) groups is 1. The number of rotatable bonds is 8. The smallest absolute Gasteiger partial charge is 0.338 e. The molecule has 212 valence electrons. The molecule has 1 aromatic heterocycles. The number of hydrogen-bond acceptors (Lipinski definition) is 11. The van der Waals surface area contributed by atoms with Crippen molar-refractivity contribution in [2.75, 3.05) is 46.6 Å². The zero-order valence-electron chi connectivity index (χ0n) is 22.1. The van der Waals surface area contributed by atoms with E-state index in [0.29, 0.717) is 58.3 Å². The summed E-state index contributed by atoms with van der Waals surface area (Å²) >= 11 is 4.89. The molecule has 13 heteroatoms. The van der Waals surface area contributed by atoms with Gasteiger partial charge in [-0.05, 0) is 31.0 Å². The summed E-state index contributed by atoms with van der Waals surface area (Å²) < 4.78 is 29.5. The summed E-state index contributed by atoms with van der Waals surface area (Å²) in [6, 6.07) is 3.28. The number of nitrogens with two attached hydrogens (primary N) is 1. The van der Waals surface area contributed by atoms with E-state index in [9.17, 15) is 14.0 Å². The fourth-order valence-electron chi connectivity index (χ4n) is 3.87. The topological polar surface area (TPSA) is 128 Å².